The molecule has 0 saturated carbocycles. The lowest BCUT2D eigenvalue weighted by molar-refractivity contribution is 0.0976. The first-order chi connectivity index (χ1) is 13.7. The molecule has 0 unspecified atom stereocenters. The van der Waals surface area contributed by atoms with E-state index in [2.05, 4.69) is 20.6 Å². The number of aromatic nitrogens is 1. The van der Waals surface area contributed by atoms with Crippen molar-refractivity contribution in [3.63, 3.8) is 0 Å². The molecule has 6 nitrogen and oxygen atoms in total. The second-order valence-electron chi connectivity index (χ2n) is 6.11. The molecule has 2 aromatic carbocycles. The van der Waals surface area contributed by atoms with Gasteiger partial charge >= 0.3 is 0 Å². The molecule has 0 spiro atoms. The Morgan fingerprint density at radius 2 is 1.89 bits per heavy atom. The molecular formula is C22H22N4O2. The minimum atomic E-state index is -0.278. The Morgan fingerprint density at radius 3 is 2.64 bits per heavy atom. The summed E-state index contributed by atoms with van der Waals surface area (Å²) in [6, 6.07) is 20.4. The number of rotatable bonds is 5. The normalized spacial score (nSPS) is 11.0. The number of hydrogen-bond donors (Lipinski definition) is 2. The van der Waals surface area contributed by atoms with Crippen molar-refractivity contribution in [2.45, 2.75) is 13.5 Å². The molecule has 28 heavy (non-hydrogen) atoms. The van der Waals surface area contributed by atoms with Crippen LogP contribution in [0.25, 0.3) is 0 Å². The lowest BCUT2D eigenvalue weighted by Gasteiger charge is -2.14. The lowest BCUT2D eigenvalue weighted by Crippen LogP contribution is -2.36. The first-order valence-corrected chi connectivity index (χ1v) is 8.88. The minimum absolute atomic E-state index is 0.278. The van der Waals surface area contributed by atoms with Crippen LogP contribution in [-0.4, -0.2) is 24.0 Å². The maximum Gasteiger partial charge on any atom is 0.258 e. The molecule has 1 aromatic heterocycles. The van der Waals surface area contributed by atoms with Crippen LogP contribution in [0.2, 0.25) is 0 Å². The number of nitrogens with one attached hydrogen (secondary N) is 2. The van der Waals surface area contributed by atoms with Gasteiger partial charge in [-0.1, -0.05) is 30.3 Å². The van der Waals surface area contributed by atoms with Gasteiger partial charge in [-0.2, -0.15) is 0 Å². The Morgan fingerprint density at radius 1 is 1.07 bits per heavy atom. The topological polar surface area (TPSA) is 75.6 Å². The molecule has 0 fully saturated rings. The van der Waals surface area contributed by atoms with Crippen LogP contribution in [0.5, 0.6) is 5.75 Å². The third-order valence-corrected chi connectivity index (χ3v) is 4.09. The average molecular weight is 374 g/mol. The SMILES string of the molecule is COc1cccc(C(=O)NC(=NCc2ccccn2)Nc2ccccc2C)c1. The van der Waals surface area contributed by atoms with Crippen molar-refractivity contribution < 1.29 is 9.53 Å². The monoisotopic (exact) mass is 374 g/mol. The van der Waals surface area contributed by atoms with Gasteiger partial charge in [0.1, 0.15) is 5.75 Å². The number of guanidine groups is 1. The number of aryl methyl sites for hydroxylation is 1. The summed E-state index contributed by atoms with van der Waals surface area (Å²) in [5.41, 5.74) is 3.20. The highest BCUT2D eigenvalue weighted by Crippen LogP contribution is 2.14. The van der Waals surface area contributed by atoms with Crippen LogP contribution in [0.4, 0.5) is 5.69 Å². The van der Waals surface area contributed by atoms with Gasteiger partial charge in [0.15, 0.2) is 0 Å². The van der Waals surface area contributed by atoms with Crippen molar-refractivity contribution in [3.05, 3.63) is 89.7 Å². The minimum Gasteiger partial charge on any atom is -0.497 e. The molecule has 2 N–H and O–H groups in total. The van der Waals surface area contributed by atoms with Gasteiger partial charge in [-0.05, 0) is 48.9 Å². The fourth-order valence-electron chi connectivity index (χ4n) is 2.55. The highest BCUT2D eigenvalue weighted by atomic mass is 16.5. The van der Waals surface area contributed by atoms with Crippen LogP contribution in [0.3, 0.4) is 0 Å². The number of aliphatic imine (C=N–C) groups is 1. The summed E-state index contributed by atoms with van der Waals surface area (Å²) in [4.78, 5) is 21.5. The van der Waals surface area contributed by atoms with Gasteiger partial charge in [-0.25, -0.2) is 4.99 Å². The Bertz CT molecular complexity index is 971. The van der Waals surface area contributed by atoms with Crippen LogP contribution < -0.4 is 15.4 Å². The van der Waals surface area contributed by atoms with E-state index in [1.807, 2.05) is 49.4 Å². The summed E-state index contributed by atoms with van der Waals surface area (Å²) in [6.07, 6.45) is 1.72. The van der Waals surface area contributed by atoms with E-state index in [1.165, 1.54) is 0 Å². The number of carbonyl (C=O) groups excluding carboxylic acids is 1. The molecule has 0 atom stereocenters. The van der Waals surface area contributed by atoms with Crippen molar-refractivity contribution in [1.82, 2.24) is 10.3 Å². The number of benzene rings is 2. The second kappa shape index (κ2) is 9.32. The number of carbonyl (C=O) groups is 1. The molecule has 0 aliphatic rings. The summed E-state index contributed by atoms with van der Waals surface area (Å²) in [7, 11) is 1.57. The molecule has 0 saturated heterocycles. The zero-order chi connectivity index (χ0) is 19.8. The first-order valence-electron chi connectivity index (χ1n) is 8.88. The molecule has 0 radical (unpaired) electrons. The third-order valence-electron chi connectivity index (χ3n) is 4.09. The Balaban J connectivity index is 1.82. The van der Waals surface area contributed by atoms with Crippen LogP contribution in [0, 0.1) is 6.92 Å². The smallest absolute Gasteiger partial charge is 0.258 e. The van der Waals surface area contributed by atoms with Gasteiger partial charge in [0.05, 0.1) is 19.3 Å². The predicted molar refractivity (Wildman–Crippen MR) is 111 cm³/mol. The summed E-state index contributed by atoms with van der Waals surface area (Å²) in [5.74, 6) is 0.694. The van der Waals surface area contributed by atoms with E-state index in [9.17, 15) is 4.79 Å². The van der Waals surface area contributed by atoms with Crippen LogP contribution in [0.15, 0.2) is 77.9 Å². The van der Waals surface area contributed by atoms with Crippen molar-refractivity contribution in [1.29, 1.82) is 0 Å². The maximum atomic E-state index is 12.7. The number of methoxy groups -OCH3 is 1. The average Bonchev–Trinajstić information content (AvgIpc) is 2.74. The van der Waals surface area contributed by atoms with E-state index in [1.54, 1.807) is 37.6 Å². The predicted octanol–water partition coefficient (Wildman–Crippen LogP) is 3.80. The number of ether oxygens (including phenoxy) is 1. The van der Waals surface area contributed by atoms with Crippen LogP contribution in [-0.2, 0) is 6.54 Å². The first kappa shape index (κ1) is 19.1. The largest absolute Gasteiger partial charge is 0.497 e. The molecule has 1 amide bonds. The highest BCUT2D eigenvalue weighted by molar-refractivity contribution is 6.10. The van der Waals surface area contributed by atoms with Gasteiger partial charge in [0.25, 0.3) is 5.91 Å². The van der Waals surface area contributed by atoms with Gasteiger partial charge in [0.2, 0.25) is 5.96 Å². The van der Waals surface area contributed by atoms with E-state index in [4.69, 9.17) is 4.74 Å². The van der Waals surface area contributed by atoms with Gasteiger partial charge in [-0.3, -0.25) is 15.1 Å². The van der Waals surface area contributed by atoms with E-state index in [0.717, 1.165) is 16.9 Å². The number of nitrogens with zero attached hydrogens (tertiary/aromatic N) is 2. The third kappa shape index (κ3) is 5.17. The number of para-hydroxylation sites is 1. The van der Waals surface area contributed by atoms with Crippen molar-refractivity contribution >= 4 is 17.6 Å². The summed E-state index contributed by atoms with van der Waals surface area (Å²) in [6.45, 7) is 2.33. The summed E-state index contributed by atoms with van der Waals surface area (Å²) in [5, 5.41) is 6.05. The van der Waals surface area contributed by atoms with Gasteiger partial charge < -0.3 is 10.1 Å². The summed E-state index contributed by atoms with van der Waals surface area (Å²) < 4.78 is 5.19. The Hall–Kier alpha value is -3.67. The molecular weight excluding hydrogens is 352 g/mol. The Labute approximate surface area is 164 Å². The summed E-state index contributed by atoms with van der Waals surface area (Å²) >= 11 is 0. The molecule has 3 rings (SSSR count). The van der Waals surface area contributed by atoms with E-state index < -0.39 is 0 Å². The van der Waals surface area contributed by atoms with Gasteiger partial charge in [-0.15, -0.1) is 0 Å². The molecule has 142 valence electrons. The molecule has 0 bridgehead atoms. The van der Waals surface area contributed by atoms with E-state index >= 15 is 0 Å². The van der Waals surface area contributed by atoms with Crippen molar-refractivity contribution in [2.24, 2.45) is 4.99 Å². The fraction of sp³-hybridized carbons (Fsp3) is 0.136. The van der Waals surface area contributed by atoms with Crippen LogP contribution >= 0.6 is 0 Å². The number of pyridine rings is 1. The van der Waals surface area contributed by atoms with Crippen molar-refractivity contribution in [3.8, 4) is 5.75 Å². The van der Waals surface area contributed by atoms with Gasteiger partial charge in [0, 0.05) is 17.4 Å². The molecule has 1 heterocycles. The number of anilines is 1. The fourth-order valence-corrected chi connectivity index (χ4v) is 2.55. The zero-order valence-corrected chi connectivity index (χ0v) is 15.8. The quantitative estimate of drug-likeness (QED) is 0.526. The lowest BCUT2D eigenvalue weighted by atomic mass is 10.2. The molecule has 6 heteroatoms. The number of hydrogen-bond acceptors (Lipinski definition) is 4. The maximum absolute atomic E-state index is 12.7. The van der Waals surface area contributed by atoms with E-state index in [-0.39, 0.29) is 5.91 Å². The molecule has 3 aromatic rings. The second-order valence-corrected chi connectivity index (χ2v) is 6.11. The highest BCUT2D eigenvalue weighted by Gasteiger charge is 2.11. The molecule has 0 aliphatic carbocycles. The van der Waals surface area contributed by atoms with Crippen molar-refractivity contribution in [2.75, 3.05) is 12.4 Å². The Kier molecular flexibility index (Phi) is 6.36. The van der Waals surface area contributed by atoms with Crippen LogP contribution in [0.1, 0.15) is 21.6 Å². The standard InChI is InChI=1S/C22H22N4O2/c1-16-8-3-4-12-20(16)25-22(24-15-18-10-5-6-13-23-18)26-21(27)17-9-7-11-19(14-17)28-2/h3-14H,15H2,1-2H3,(H2,24,25,26,27). The number of amides is 1. The zero-order valence-electron chi connectivity index (χ0n) is 15.8. The molecule has 0 aliphatic heterocycles. The van der Waals surface area contributed by atoms with E-state index in [0.29, 0.717) is 23.8 Å².